The van der Waals surface area contributed by atoms with Crippen LogP contribution in [0.5, 0.6) is 0 Å². The SMILES string of the molecule is COC(=O)C1C2CN(c3ccc(-n4nc(I)c5cc(F)cc(C)c54)cn3)CC21. The zero-order valence-electron chi connectivity index (χ0n) is 15.4. The molecule has 1 aromatic carbocycles. The highest BCUT2D eigenvalue weighted by Gasteiger charge is 2.60. The number of carbonyl (C=O) groups excluding carboxylic acids is 1. The summed E-state index contributed by atoms with van der Waals surface area (Å²) in [6.07, 6.45) is 1.79. The maximum absolute atomic E-state index is 13.8. The molecule has 0 radical (unpaired) electrons. The number of fused-ring (bicyclic) bond motifs is 2. The molecule has 3 heterocycles. The van der Waals surface area contributed by atoms with Gasteiger partial charge in [0.1, 0.15) is 15.3 Å². The molecule has 0 bridgehead atoms. The Bertz CT molecular complexity index is 1090. The van der Waals surface area contributed by atoms with Crippen molar-refractivity contribution >= 4 is 45.3 Å². The molecule has 144 valence electrons. The third-order valence-corrected chi connectivity index (χ3v) is 6.65. The van der Waals surface area contributed by atoms with Crippen molar-refractivity contribution in [3.8, 4) is 5.69 Å². The first-order valence-corrected chi connectivity index (χ1v) is 10.2. The number of aryl methyl sites for hydroxylation is 1. The van der Waals surface area contributed by atoms with Crippen LogP contribution in [0, 0.1) is 34.2 Å². The van der Waals surface area contributed by atoms with Crippen LogP contribution >= 0.6 is 22.6 Å². The lowest BCUT2D eigenvalue weighted by molar-refractivity contribution is -0.142. The molecule has 28 heavy (non-hydrogen) atoms. The summed E-state index contributed by atoms with van der Waals surface area (Å²) in [4.78, 5) is 18.5. The zero-order valence-corrected chi connectivity index (χ0v) is 17.6. The number of rotatable bonds is 3. The maximum Gasteiger partial charge on any atom is 0.309 e. The van der Waals surface area contributed by atoms with Gasteiger partial charge in [0.2, 0.25) is 0 Å². The number of halogens is 2. The second-order valence-corrected chi connectivity index (χ2v) is 8.50. The first kappa shape index (κ1) is 17.8. The number of esters is 1. The number of benzene rings is 1. The first-order valence-electron chi connectivity index (χ1n) is 9.11. The summed E-state index contributed by atoms with van der Waals surface area (Å²) >= 11 is 2.13. The highest BCUT2D eigenvalue weighted by Crippen LogP contribution is 2.52. The van der Waals surface area contributed by atoms with Gasteiger partial charge in [0.05, 0.1) is 30.4 Å². The van der Waals surface area contributed by atoms with Crippen molar-refractivity contribution in [3.63, 3.8) is 0 Å². The molecule has 2 aromatic heterocycles. The minimum absolute atomic E-state index is 0.0569. The van der Waals surface area contributed by atoms with Crippen molar-refractivity contribution < 1.29 is 13.9 Å². The average molecular weight is 492 g/mol. The molecule has 6 nitrogen and oxygen atoms in total. The van der Waals surface area contributed by atoms with Crippen LogP contribution in [0.1, 0.15) is 5.56 Å². The molecule has 2 fully saturated rings. The predicted octanol–water partition coefficient (Wildman–Crippen LogP) is 3.33. The summed E-state index contributed by atoms with van der Waals surface area (Å²) < 4.78 is 21.2. The van der Waals surface area contributed by atoms with Gasteiger partial charge in [-0.25, -0.2) is 14.1 Å². The van der Waals surface area contributed by atoms with Gasteiger partial charge in [-0.05, 0) is 71.2 Å². The number of anilines is 1. The largest absolute Gasteiger partial charge is 0.469 e. The highest BCUT2D eigenvalue weighted by molar-refractivity contribution is 14.1. The molecular weight excluding hydrogens is 474 g/mol. The molecule has 2 unspecified atom stereocenters. The zero-order chi connectivity index (χ0) is 19.6. The minimum Gasteiger partial charge on any atom is -0.469 e. The number of piperidine rings is 1. The summed E-state index contributed by atoms with van der Waals surface area (Å²) in [5.41, 5.74) is 2.56. The molecule has 1 aliphatic carbocycles. The summed E-state index contributed by atoms with van der Waals surface area (Å²) in [6, 6.07) is 7.00. The van der Waals surface area contributed by atoms with Gasteiger partial charge in [-0.3, -0.25) is 4.79 Å². The van der Waals surface area contributed by atoms with Crippen molar-refractivity contribution in [2.45, 2.75) is 6.92 Å². The molecule has 1 aliphatic heterocycles. The molecule has 0 spiro atoms. The number of hydrogen-bond acceptors (Lipinski definition) is 5. The summed E-state index contributed by atoms with van der Waals surface area (Å²) in [6.45, 7) is 3.55. The molecule has 1 saturated heterocycles. The van der Waals surface area contributed by atoms with Gasteiger partial charge in [0, 0.05) is 18.5 Å². The Morgan fingerprint density at radius 1 is 1.29 bits per heavy atom. The van der Waals surface area contributed by atoms with Crippen molar-refractivity contribution in [2.24, 2.45) is 17.8 Å². The molecule has 3 aromatic rings. The monoisotopic (exact) mass is 492 g/mol. The number of methoxy groups -OCH3 is 1. The second-order valence-electron chi connectivity index (χ2n) is 7.48. The number of carbonyl (C=O) groups is 1. The van der Waals surface area contributed by atoms with Gasteiger partial charge in [-0.1, -0.05) is 0 Å². The summed E-state index contributed by atoms with van der Waals surface area (Å²) in [5.74, 6) is 1.36. The van der Waals surface area contributed by atoms with E-state index in [-0.39, 0.29) is 17.7 Å². The lowest BCUT2D eigenvalue weighted by Crippen LogP contribution is -2.27. The fourth-order valence-electron chi connectivity index (χ4n) is 4.44. The first-order chi connectivity index (χ1) is 13.5. The predicted molar refractivity (Wildman–Crippen MR) is 111 cm³/mol. The molecule has 0 amide bonds. The third kappa shape index (κ3) is 2.68. The average Bonchev–Trinajstić information content (AvgIpc) is 3.01. The Labute approximate surface area is 174 Å². The fourth-order valence-corrected chi connectivity index (χ4v) is 5.07. The molecule has 0 N–H and O–H groups in total. The maximum atomic E-state index is 13.8. The van der Waals surface area contributed by atoms with Crippen molar-refractivity contribution in [2.75, 3.05) is 25.1 Å². The second kappa shape index (κ2) is 6.40. The van der Waals surface area contributed by atoms with E-state index in [4.69, 9.17) is 4.74 Å². The van der Waals surface area contributed by atoms with Crippen molar-refractivity contribution in [1.29, 1.82) is 0 Å². The van der Waals surface area contributed by atoms with Gasteiger partial charge in [-0.15, -0.1) is 0 Å². The smallest absolute Gasteiger partial charge is 0.309 e. The van der Waals surface area contributed by atoms with E-state index in [1.165, 1.54) is 19.2 Å². The number of ether oxygens (including phenoxy) is 1. The molecule has 5 rings (SSSR count). The Morgan fingerprint density at radius 3 is 2.68 bits per heavy atom. The van der Waals surface area contributed by atoms with E-state index in [1.54, 1.807) is 6.20 Å². The van der Waals surface area contributed by atoms with Crippen molar-refractivity contribution in [3.05, 3.63) is 45.5 Å². The Kier molecular flexibility index (Phi) is 4.08. The number of pyridine rings is 1. The van der Waals surface area contributed by atoms with Gasteiger partial charge < -0.3 is 9.64 Å². The van der Waals surface area contributed by atoms with Crippen LogP contribution in [0.4, 0.5) is 10.2 Å². The lowest BCUT2D eigenvalue weighted by atomic mass is 10.1. The standard InChI is InChI=1S/C20H18FIN4O2/c1-10-5-11(21)6-13-18(10)26(24-19(13)22)12-3-4-16(23-7-12)25-8-14-15(9-25)17(14)20(27)28-2/h3-7,14-15,17H,8-9H2,1-2H3. The summed E-state index contributed by atoms with van der Waals surface area (Å²) in [7, 11) is 1.45. The van der Waals surface area contributed by atoms with Crippen LogP contribution in [0.15, 0.2) is 30.5 Å². The molecule has 1 saturated carbocycles. The molecule has 8 heteroatoms. The topological polar surface area (TPSA) is 60.2 Å². The van der Waals surface area contributed by atoms with Gasteiger partial charge in [-0.2, -0.15) is 5.10 Å². The minimum atomic E-state index is -0.256. The van der Waals surface area contributed by atoms with Crippen LogP contribution in [0.2, 0.25) is 0 Å². The van der Waals surface area contributed by atoms with Gasteiger partial charge in [0.25, 0.3) is 0 Å². The van der Waals surface area contributed by atoms with Crippen molar-refractivity contribution in [1.82, 2.24) is 14.8 Å². The van der Waals surface area contributed by atoms with E-state index < -0.39 is 0 Å². The highest BCUT2D eigenvalue weighted by atomic mass is 127. The van der Waals surface area contributed by atoms with Crippen LogP contribution in [0.25, 0.3) is 16.6 Å². The number of hydrogen-bond donors (Lipinski definition) is 0. The Balaban J connectivity index is 1.40. The van der Waals surface area contributed by atoms with E-state index in [0.717, 1.165) is 44.8 Å². The van der Waals surface area contributed by atoms with E-state index in [1.807, 2.05) is 23.7 Å². The molecule has 2 atom stereocenters. The quantitative estimate of drug-likeness (QED) is 0.415. The number of aromatic nitrogens is 3. The Morgan fingerprint density at radius 2 is 2.04 bits per heavy atom. The van der Waals surface area contributed by atoms with Crippen LogP contribution in [-0.2, 0) is 9.53 Å². The van der Waals surface area contributed by atoms with Crippen LogP contribution in [0.3, 0.4) is 0 Å². The van der Waals surface area contributed by atoms with E-state index in [2.05, 4.69) is 37.6 Å². The van der Waals surface area contributed by atoms with Crippen LogP contribution < -0.4 is 4.90 Å². The van der Waals surface area contributed by atoms with Gasteiger partial charge in [0.15, 0.2) is 0 Å². The summed E-state index contributed by atoms with van der Waals surface area (Å²) in [5, 5.41) is 5.38. The molecule has 2 aliphatic rings. The molecular formula is C20H18FIN4O2. The third-order valence-electron chi connectivity index (χ3n) is 5.86. The van der Waals surface area contributed by atoms with E-state index >= 15 is 0 Å². The number of nitrogens with zero attached hydrogens (tertiary/aromatic N) is 4. The van der Waals surface area contributed by atoms with Crippen LogP contribution in [-0.4, -0.2) is 40.9 Å². The lowest BCUT2D eigenvalue weighted by Gasteiger charge is -2.20. The normalized spacial score (nSPS) is 23.1. The van der Waals surface area contributed by atoms with E-state index in [0.29, 0.717) is 11.8 Å². The fraction of sp³-hybridized carbons (Fsp3) is 0.350. The Hall–Kier alpha value is -2.23. The van der Waals surface area contributed by atoms with Gasteiger partial charge >= 0.3 is 5.97 Å². The van der Waals surface area contributed by atoms with E-state index in [9.17, 15) is 9.18 Å².